The number of ether oxygens (including phenoxy) is 1. The minimum absolute atomic E-state index is 0.234. The Kier molecular flexibility index (Phi) is 8.79. The van der Waals surface area contributed by atoms with E-state index >= 15 is 0 Å². The van der Waals surface area contributed by atoms with Gasteiger partial charge in [0.15, 0.2) is 0 Å². The van der Waals surface area contributed by atoms with Crippen LogP contribution in [0.2, 0.25) is 0 Å². The molecule has 0 saturated carbocycles. The lowest BCUT2D eigenvalue weighted by Crippen LogP contribution is -2.49. The number of unbranched alkanes of at least 4 members (excludes halogenated alkanes) is 1. The summed E-state index contributed by atoms with van der Waals surface area (Å²) in [5, 5.41) is 0. The summed E-state index contributed by atoms with van der Waals surface area (Å²) in [4.78, 5) is 16.3. The summed E-state index contributed by atoms with van der Waals surface area (Å²) >= 11 is 0. The Bertz CT molecular complexity index is 241. The number of hydrogen-bond acceptors (Lipinski definition) is 4. The third kappa shape index (κ3) is 6.89. The van der Waals surface area contributed by atoms with Crippen LogP contribution >= 0.6 is 0 Å². The Morgan fingerprint density at radius 1 is 1.16 bits per heavy atom. The van der Waals surface area contributed by atoms with Crippen LogP contribution in [-0.4, -0.2) is 68.2 Å². The number of rotatable bonds is 9. The van der Waals surface area contributed by atoms with Gasteiger partial charge in [-0.25, -0.2) is 0 Å². The van der Waals surface area contributed by atoms with E-state index < -0.39 is 0 Å². The first-order valence-corrected chi connectivity index (χ1v) is 7.56. The monoisotopic (exact) mass is 271 g/mol. The van der Waals surface area contributed by atoms with Gasteiger partial charge in [-0.3, -0.25) is 9.69 Å². The first-order chi connectivity index (χ1) is 9.27. The molecule has 19 heavy (non-hydrogen) atoms. The summed E-state index contributed by atoms with van der Waals surface area (Å²) in [6.45, 7) is 8.97. The highest BCUT2D eigenvalue weighted by Crippen LogP contribution is 2.05. The van der Waals surface area contributed by atoms with E-state index in [9.17, 15) is 4.79 Å². The number of carbonyl (C=O) groups excluding carboxylic acids is 1. The molecule has 112 valence electrons. The first kappa shape index (κ1) is 16.4. The molecule has 0 aromatic heterocycles. The molecule has 0 atom stereocenters. The zero-order chi connectivity index (χ0) is 13.9. The fraction of sp³-hybridized carbons (Fsp3) is 0.929. The van der Waals surface area contributed by atoms with Gasteiger partial charge in [0.25, 0.3) is 0 Å². The van der Waals surface area contributed by atoms with E-state index in [0.29, 0.717) is 13.0 Å². The number of nitrogens with two attached hydrogens (primary N) is 1. The number of nitrogens with zero attached hydrogens (tertiary/aromatic N) is 2. The predicted molar refractivity (Wildman–Crippen MR) is 77.0 cm³/mol. The first-order valence-electron chi connectivity index (χ1n) is 7.56. The average Bonchev–Trinajstić information content (AvgIpc) is 2.44. The van der Waals surface area contributed by atoms with Crippen LogP contribution in [0.4, 0.5) is 0 Å². The fourth-order valence-electron chi connectivity index (χ4n) is 2.26. The molecule has 0 spiro atoms. The molecule has 0 aliphatic carbocycles. The van der Waals surface area contributed by atoms with Crippen molar-refractivity contribution in [3.63, 3.8) is 0 Å². The van der Waals surface area contributed by atoms with Gasteiger partial charge >= 0.3 is 0 Å². The van der Waals surface area contributed by atoms with Crippen LogP contribution < -0.4 is 5.73 Å². The zero-order valence-corrected chi connectivity index (χ0v) is 12.3. The van der Waals surface area contributed by atoms with Crippen molar-refractivity contribution >= 4 is 5.91 Å². The summed E-state index contributed by atoms with van der Waals surface area (Å²) in [5.74, 6) is 0.234. The molecule has 0 aromatic rings. The Labute approximate surface area is 117 Å². The van der Waals surface area contributed by atoms with Crippen molar-refractivity contribution in [1.29, 1.82) is 0 Å². The zero-order valence-electron chi connectivity index (χ0n) is 12.3. The number of piperazine rings is 1. The molecule has 0 radical (unpaired) electrons. The van der Waals surface area contributed by atoms with E-state index in [0.717, 1.165) is 65.1 Å². The van der Waals surface area contributed by atoms with E-state index in [1.165, 1.54) is 0 Å². The molecule has 1 aliphatic heterocycles. The molecule has 5 heteroatoms. The Morgan fingerprint density at radius 3 is 2.53 bits per heavy atom. The molecular weight excluding hydrogens is 242 g/mol. The van der Waals surface area contributed by atoms with Gasteiger partial charge < -0.3 is 15.4 Å². The van der Waals surface area contributed by atoms with Crippen LogP contribution in [0.15, 0.2) is 0 Å². The maximum absolute atomic E-state index is 11.9. The molecule has 5 nitrogen and oxygen atoms in total. The smallest absolute Gasteiger partial charge is 0.224 e. The van der Waals surface area contributed by atoms with Crippen LogP contribution in [0, 0.1) is 0 Å². The second-order valence-electron chi connectivity index (χ2n) is 5.08. The number of amides is 1. The maximum Gasteiger partial charge on any atom is 0.224 e. The summed E-state index contributed by atoms with van der Waals surface area (Å²) in [6, 6.07) is 0. The Hall–Kier alpha value is -0.650. The highest BCUT2D eigenvalue weighted by Gasteiger charge is 2.20. The second kappa shape index (κ2) is 10.2. The molecule has 1 heterocycles. The Morgan fingerprint density at radius 2 is 1.89 bits per heavy atom. The lowest BCUT2D eigenvalue weighted by Gasteiger charge is -2.34. The Balaban J connectivity index is 2.09. The average molecular weight is 271 g/mol. The summed E-state index contributed by atoms with van der Waals surface area (Å²) in [7, 11) is 0. The van der Waals surface area contributed by atoms with Gasteiger partial charge in [0.1, 0.15) is 0 Å². The minimum atomic E-state index is 0.234. The van der Waals surface area contributed by atoms with E-state index in [1.807, 2.05) is 4.90 Å². The van der Waals surface area contributed by atoms with Gasteiger partial charge in [-0.2, -0.15) is 0 Å². The van der Waals surface area contributed by atoms with Crippen LogP contribution in [-0.2, 0) is 9.53 Å². The lowest BCUT2D eigenvalue weighted by atomic mass is 10.2. The SMILES string of the molecule is CCCOCCC(=O)N1CCN(CCCCN)CC1. The molecule has 0 aromatic carbocycles. The quantitative estimate of drug-likeness (QED) is 0.627. The van der Waals surface area contributed by atoms with Crippen molar-refractivity contribution in [2.24, 2.45) is 5.73 Å². The summed E-state index contributed by atoms with van der Waals surface area (Å²) < 4.78 is 5.36. The van der Waals surface area contributed by atoms with Crippen LogP contribution in [0.3, 0.4) is 0 Å². The molecule has 1 rings (SSSR count). The number of carbonyl (C=O) groups is 1. The number of hydrogen-bond donors (Lipinski definition) is 1. The molecule has 1 aliphatic rings. The molecule has 1 fully saturated rings. The normalized spacial score (nSPS) is 16.8. The van der Waals surface area contributed by atoms with Crippen molar-refractivity contribution in [2.75, 3.05) is 52.5 Å². The van der Waals surface area contributed by atoms with E-state index in [4.69, 9.17) is 10.5 Å². The third-order valence-electron chi connectivity index (χ3n) is 3.46. The maximum atomic E-state index is 11.9. The van der Waals surface area contributed by atoms with Gasteiger partial charge in [-0.15, -0.1) is 0 Å². The van der Waals surface area contributed by atoms with Gasteiger partial charge in [0.05, 0.1) is 13.0 Å². The van der Waals surface area contributed by atoms with Gasteiger partial charge in [0, 0.05) is 32.8 Å². The van der Waals surface area contributed by atoms with Crippen molar-refractivity contribution in [3.05, 3.63) is 0 Å². The van der Waals surface area contributed by atoms with Crippen molar-refractivity contribution in [2.45, 2.75) is 32.6 Å². The van der Waals surface area contributed by atoms with E-state index in [-0.39, 0.29) is 5.91 Å². The minimum Gasteiger partial charge on any atom is -0.381 e. The molecule has 0 unspecified atom stereocenters. The van der Waals surface area contributed by atoms with E-state index in [1.54, 1.807) is 0 Å². The van der Waals surface area contributed by atoms with Crippen LogP contribution in [0.25, 0.3) is 0 Å². The molecule has 1 amide bonds. The molecule has 0 bridgehead atoms. The highest BCUT2D eigenvalue weighted by atomic mass is 16.5. The molecule has 2 N–H and O–H groups in total. The van der Waals surface area contributed by atoms with Crippen molar-refractivity contribution in [3.8, 4) is 0 Å². The van der Waals surface area contributed by atoms with Crippen molar-refractivity contribution < 1.29 is 9.53 Å². The lowest BCUT2D eigenvalue weighted by molar-refractivity contribution is -0.134. The summed E-state index contributed by atoms with van der Waals surface area (Å²) in [5.41, 5.74) is 5.49. The van der Waals surface area contributed by atoms with Crippen molar-refractivity contribution in [1.82, 2.24) is 9.80 Å². The van der Waals surface area contributed by atoms with Crippen LogP contribution in [0.5, 0.6) is 0 Å². The predicted octanol–water partition coefficient (Wildman–Crippen LogP) is 0.686. The van der Waals surface area contributed by atoms with Gasteiger partial charge in [-0.1, -0.05) is 6.92 Å². The topological polar surface area (TPSA) is 58.8 Å². The molecular formula is C14H29N3O2. The van der Waals surface area contributed by atoms with Gasteiger partial charge in [0.2, 0.25) is 5.91 Å². The summed E-state index contributed by atoms with van der Waals surface area (Å²) in [6.07, 6.45) is 3.78. The second-order valence-corrected chi connectivity index (χ2v) is 5.08. The van der Waals surface area contributed by atoms with E-state index in [2.05, 4.69) is 11.8 Å². The van der Waals surface area contributed by atoms with Crippen LogP contribution in [0.1, 0.15) is 32.6 Å². The van der Waals surface area contributed by atoms with Gasteiger partial charge in [-0.05, 0) is 32.4 Å². The largest absolute Gasteiger partial charge is 0.381 e. The molecule has 1 saturated heterocycles. The highest BCUT2D eigenvalue weighted by molar-refractivity contribution is 5.76. The standard InChI is InChI=1S/C14H29N3O2/c1-2-12-19-13-5-14(18)17-10-8-16(9-11-17)7-4-3-6-15/h2-13,15H2,1H3. The third-order valence-corrected chi connectivity index (χ3v) is 3.46. The fourth-order valence-corrected chi connectivity index (χ4v) is 2.26.